The molecule has 6 heteroatoms. The van der Waals surface area contributed by atoms with E-state index in [2.05, 4.69) is 15.3 Å². The van der Waals surface area contributed by atoms with Gasteiger partial charge in [-0.05, 0) is 24.6 Å². The predicted molar refractivity (Wildman–Crippen MR) is 66.1 cm³/mol. The van der Waals surface area contributed by atoms with Gasteiger partial charge in [-0.15, -0.1) is 0 Å². The van der Waals surface area contributed by atoms with E-state index in [1.54, 1.807) is 0 Å². The zero-order valence-corrected chi connectivity index (χ0v) is 10.3. The quantitative estimate of drug-likeness (QED) is 0.863. The fraction of sp³-hybridized carbons (Fsp3) is 0.231. The van der Waals surface area contributed by atoms with Gasteiger partial charge in [-0.3, -0.25) is 0 Å². The zero-order chi connectivity index (χ0) is 13.8. The topological polar surface area (TPSA) is 37.8 Å². The number of nitrogens with zero attached hydrogens (tertiary/aromatic N) is 2. The molecule has 0 atom stereocenters. The molecule has 0 amide bonds. The van der Waals surface area contributed by atoms with Crippen LogP contribution in [0, 0.1) is 17.5 Å². The van der Waals surface area contributed by atoms with Gasteiger partial charge in [-0.2, -0.15) is 0 Å². The second-order valence-corrected chi connectivity index (χ2v) is 3.95. The maximum atomic E-state index is 13.2. The van der Waals surface area contributed by atoms with Gasteiger partial charge < -0.3 is 5.32 Å². The van der Waals surface area contributed by atoms with Crippen LogP contribution in [-0.4, -0.2) is 16.5 Å². The standard InChI is InChI=1S/C13H12F3N3/c1-2-4-17-13-18-5-3-11(19-13)8-6-9(14)12(16)10(15)7-8/h3,5-7H,2,4H2,1H3,(H,17,18,19). The number of hydrogen-bond acceptors (Lipinski definition) is 3. The zero-order valence-electron chi connectivity index (χ0n) is 10.3. The fourth-order valence-electron chi connectivity index (χ4n) is 1.54. The van der Waals surface area contributed by atoms with Crippen molar-refractivity contribution in [3.05, 3.63) is 41.8 Å². The van der Waals surface area contributed by atoms with E-state index in [9.17, 15) is 13.2 Å². The van der Waals surface area contributed by atoms with Gasteiger partial charge in [-0.25, -0.2) is 23.1 Å². The Hall–Kier alpha value is -2.11. The van der Waals surface area contributed by atoms with E-state index >= 15 is 0 Å². The van der Waals surface area contributed by atoms with E-state index in [0.29, 0.717) is 18.2 Å². The molecule has 0 unspecified atom stereocenters. The van der Waals surface area contributed by atoms with Crippen molar-refractivity contribution in [1.82, 2.24) is 9.97 Å². The average molecular weight is 267 g/mol. The maximum absolute atomic E-state index is 13.2. The fourth-order valence-corrected chi connectivity index (χ4v) is 1.54. The minimum Gasteiger partial charge on any atom is -0.354 e. The molecule has 0 saturated carbocycles. The first-order valence-electron chi connectivity index (χ1n) is 5.83. The second kappa shape index (κ2) is 5.69. The van der Waals surface area contributed by atoms with Crippen LogP contribution in [-0.2, 0) is 0 Å². The molecular weight excluding hydrogens is 255 g/mol. The van der Waals surface area contributed by atoms with Crippen LogP contribution in [0.4, 0.5) is 19.1 Å². The van der Waals surface area contributed by atoms with Crippen molar-refractivity contribution in [2.24, 2.45) is 0 Å². The summed E-state index contributed by atoms with van der Waals surface area (Å²) in [7, 11) is 0. The van der Waals surface area contributed by atoms with Crippen LogP contribution in [0.25, 0.3) is 11.3 Å². The number of rotatable bonds is 4. The Labute approximate surface area is 108 Å². The Morgan fingerprint density at radius 1 is 1.16 bits per heavy atom. The van der Waals surface area contributed by atoms with Crippen LogP contribution >= 0.6 is 0 Å². The minimum atomic E-state index is -1.48. The van der Waals surface area contributed by atoms with Gasteiger partial charge in [-0.1, -0.05) is 6.92 Å². The highest BCUT2D eigenvalue weighted by Gasteiger charge is 2.12. The SMILES string of the molecule is CCCNc1nccc(-c2cc(F)c(F)c(F)c2)n1. The van der Waals surface area contributed by atoms with Gasteiger partial charge in [0.05, 0.1) is 5.69 Å². The summed E-state index contributed by atoms with van der Waals surface area (Å²) in [5, 5.41) is 2.96. The smallest absolute Gasteiger partial charge is 0.223 e. The Morgan fingerprint density at radius 3 is 2.47 bits per heavy atom. The van der Waals surface area contributed by atoms with Gasteiger partial charge in [0, 0.05) is 18.3 Å². The molecule has 1 N–H and O–H groups in total. The lowest BCUT2D eigenvalue weighted by Gasteiger charge is -2.06. The van der Waals surface area contributed by atoms with Crippen molar-refractivity contribution < 1.29 is 13.2 Å². The Morgan fingerprint density at radius 2 is 1.84 bits per heavy atom. The molecule has 1 heterocycles. The normalized spacial score (nSPS) is 10.5. The lowest BCUT2D eigenvalue weighted by atomic mass is 10.1. The lowest BCUT2D eigenvalue weighted by molar-refractivity contribution is 0.447. The molecule has 100 valence electrons. The molecule has 0 spiro atoms. The number of nitrogens with one attached hydrogen (secondary N) is 1. The summed E-state index contributed by atoms with van der Waals surface area (Å²) in [5.41, 5.74) is 0.491. The third-order valence-electron chi connectivity index (χ3n) is 2.47. The second-order valence-electron chi connectivity index (χ2n) is 3.95. The number of aromatic nitrogens is 2. The van der Waals surface area contributed by atoms with Gasteiger partial charge in [0.25, 0.3) is 0 Å². The van der Waals surface area contributed by atoms with Crippen LogP contribution in [0.15, 0.2) is 24.4 Å². The monoisotopic (exact) mass is 267 g/mol. The summed E-state index contributed by atoms with van der Waals surface area (Å²) >= 11 is 0. The Balaban J connectivity index is 2.36. The molecule has 2 aromatic rings. The molecule has 1 aromatic heterocycles. The summed E-state index contributed by atoms with van der Waals surface area (Å²) < 4.78 is 39.2. The number of hydrogen-bond donors (Lipinski definition) is 1. The van der Waals surface area contributed by atoms with E-state index in [-0.39, 0.29) is 5.56 Å². The molecule has 0 aliphatic rings. The van der Waals surface area contributed by atoms with Crippen LogP contribution in [0.2, 0.25) is 0 Å². The molecule has 3 nitrogen and oxygen atoms in total. The molecule has 0 aliphatic carbocycles. The van der Waals surface area contributed by atoms with Gasteiger partial charge in [0.2, 0.25) is 5.95 Å². The summed E-state index contributed by atoms with van der Waals surface area (Å²) in [4.78, 5) is 8.10. The highest BCUT2D eigenvalue weighted by atomic mass is 19.2. The summed E-state index contributed by atoms with van der Waals surface area (Å²) in [6.45, 7) is 2.68. The summed E-state index contributed by atoms with van der Waals surface area (Å²) in [5.74, 6) is -3.60. The lowest BCUT2D eigenvalue weighted by Crippen LogP contribution is -2.04. The first-order valence-corrected chi connectivity index (χ1v) is 5.83. The predicted octanol–water partition coefficient (Wildman–Crippen LogP) is 3.38. The first-order chi connectivity index (χ1) is 9.11. The number of halogens is 3. The molecule has 0 fully saturated rings. The van der Waals surface area contributed by atoms with Crippen molar-refractivity contribution >= 4 is 5.95 Å². The molecule has 0 bridgehead atoms. The van der Waals surface area contributed by atoms with E-state index in [1.807, 2.05) is 6.92 Å². The van der Waals surface area contributed by atoms with Gasteiger partial charge in [0.1, 0.15) is 0 Å². The van der Waals surface area contributed by atoms with Gasteiger partial charge in [0.15, 0.2) is 17.5 Å². The van der Waals surface area contributed by atoms with E-state index in [0.717, 1.165) is 18.6 Å². The molecule has 1 aromatic carbocycles. The van der Waals surface area contributed by atoms with Crippen molar-refractivity contribution in [2.45, 2.75) is 13.3 Å². The van der Waals surface area contributed by atoms with Crippen LogP contribution in [0.3, 0.4) is 0 Å². The van der Waals surface area contributed by atoms with Crippen molar-refractivity contribution in [3.63, 3.8) is 0 Å². The van der Waals surface area contributed by atoms with E-state index in [4.69, 9.17) is 0 Å². The molecule has 2 rings (SSSR count). The Bertz CT molecular complexity index is 564. The summed E-state index contributed by atoms with van der Waals surface area (Å²) in [6.07, 6.45) is 2.37. The van der Waals surface area contributed by atoms with Crippen molar-refractivity contribution in [2.75, 3.05) is 11.9 Å². The first kappa shape index (κ1) is 13.3. The number of anilines is 1. The highest BCUT2D eigenvalue weighted by Crippen LogP contribution is 2.22. The van der Waals surface area contributed by atoms with Crippen molar-refractivity contribution in [1.29, 1.82) is 0 Å². The third kappa shape index (κ3) is 3.01. The van der Waals surface area contributed by atoms with E-state index < -0.39 is 17.5 Å². The summed E-state index contributed by atoms with van der Waals surface area (Å²) in [6, 6.07) is 3.32. The van der Waals surface area contributed by atoms with Gasteiger partial charge >= 0.3 is 0 Å². The molecule has 0 saturated heterocycles. The highest BCUT2D eigenvalue weighted by molar-refractivity contribution is 5.60. The molecule has 0 aliphatic heterocycles. The van der Waals surface area contributed by atoms with E-state index in [1.165, 1.54) is 12.3 Å². The molecule has 0 radical (unpaired) electrons. The minimum absolute atomic E-state index is 0.165. The average Bonchev–Trinajstić information content (AvgIpc) is 2.42. The molecule has 19 heavy (non-hydrogen) atoms. The largest absolute Gasteiger partial charge is 0.354 e. The van der Waals surface area contributed by atoms with Crippen LogP contribution < -0.4 is 5.32 Å². The number of benzene rings is 1. The van der Waals surface area contributed by atoms with Crippen molar-refractivity contribution in [3.8, 4) is 11.3 Å². The van der Waals surface area contributed by atoms with Crippen LogP contribution in [0.5, 0.6) is 0 Å². The Kier molecular flexibility index (Phi) is 3.99. The third-order valence-corrected chi connectivity index (χ3v) is 2.47. The maximum Gasteiger partial charge on any atom is 0.223 e. The molecular formula is C13H12F3N3. The van der Waals surface area contributed by atoms with Crippen LogP contribution in [0.1, 0.15) is 13.3 Å².